The minimum atomic E-state index is -2.72. The molecule has 0 aliphatic rings. The van der Waals surface area contributed by atoms with Crippen molar-refractivity contribution in [3.63, 3.8) is 0 Å². The highest BCUT2D eigenvalue weighted by Gasteiger charge is 2.21. The number of alkyl halides is 2. The summed E-state index contributed by atoms with van der Waals surface area (Å²) in [4.78, 5) is 11.2. The topological polar surface area (TPSA) is 43.1 Å². The van der Waals surface area contributed by atoms with E-state index in [9.17, 15) is 13.6 Å². The predicted octanol–water partition coefficient (Wildman–Crippen LogP) is 3.01. The number of carbonyl (C=O) groups excluding carboxylic acids is 1. The van der Waals surface area contributed by atoms with Gasteiger partial charge in [0.2, 0.25) is 0 Å². The number of Topliss-reactive ketones (excluding diaryl/α,β-unsaturated/α-hetero) is 1. The Kier molecular flexibility index (Phi) is 3.41. The number of ketones is 1. The molecule has 0 unspecified atom stereocenters. The number of anilines is 1. The van der Waals surface area contributed by atoms with Gasteiger partial charge in [-0.3, -0.25) is 4.79 Å². The van der Waals surface area contributed by atoms with Gasteiger partial charge in [0, 0.05) is 14.8 Å². The van der Waals surface area contributed by atoms with E-state index in [0.29, 0.717) is 3.57 Å². The molecular weight excluding hydrogens is 303 g/mol. The van der Waals surface area contributed by atoms with E-state index in [1.54, 1.807) is 6.07 Å². The zero-order chi connectivity index (χ0) is 10.9. The zero-order valence-corrected chi connectivity index (χ0v) is 9.51. The van der Waals surface area contributed by atoms with Gasteiger partial charge in [0.05, 0.1) is 5.56 Å². The molecule has 0 saturated heterocycles. The smallest absolute Gasteiger partial charge is 0.266 e. The Morgan fingerprint density at radius 1 is 1.50 bits per heavy atom. The molecule has 0 radical (unpaired) electrons. The molecule has 2 N–H and O–H groups in total. The van der Waals surface area contributed by atoms with Gasteiger partial charge >= 0.3 is 0 Å². The van der Waals surface area contributed by atoms with Crippen LogP contribution < -0.4 is 5.73 Å². The van der Waals surface area contributed by atoms with Crippen LogP contribution in [0.25, 0.3) is 0 Å². The number of nitrogens with two attached hydrogens (primary N) is 1. The molecule has 0 atom stereocenters. The van der Waals surface area contributed by atoms with Crippen molar-refractivity contribution < 1.29 is 13.6 Å². The third-order valence-electron chi connectivity index (χ3n) is 1.80. The molecule has 76 valence electrons. The molecule has 0 heterocycles. The molecule has 1 aromatic carbocycles. The normalized spacial score (nSPS) is 10.6. The van der Waals surface area contributed by atoms with Crippen molar-refractivity contribution in [2.45, 2.75) is 13.3 Å². The maximum atomic E-state index is 12.6. The van der Waals surface area contributed by atoms with Gasteiger partial charge in [-0.1, -0.05) is 0 Å². The van der Waals surface area contributed by atoms with E-state index in [4.69, 9.17) is 5.73 Å². The molecule has 0 fully saturated rings. The second-order valence-electron chi connectivity index (χ2n) is 2.78. The molecule has 0 spiro atoms. The van der Waals surface area contributed by atoms with Crippen LogP contribution in [0, 0.1) is 3.57 Å². The van der Waals surface area contributed by atoms with E-state index in [1.165, 1.54) is 13.0 Å². The minimum absolute atomic E-state index is 0.0283. The van der Waals surface area contributed by atoms with Gasteiger partial charge in [-0.15, -0.1) is 0 Å². The highest BCUT2D eigenvalue weighted by molar-refractivity contribution is 14.1. The predicted molar refractivity (Wildman–Crippen MR) is 58.5 cm³/mol. The monoisotopic (exact) mass is 311 g/mol. The third-order valence-corrected chi connectivity index (χ3v) is 2.70. The van der Waals surface area contributed by atoms with Crippen molar-refractivity contribution in [2.24, 2.45) is 0 Å². The van der Waals surface area contributed by atoms with E-state index >= 15 is 0 Å². The Morgan fingerprint density at radius 3 is 2.43 bits per heavy atom. The van der Waals surface area contributed by atoms with Crippen LogP contribution >= 0.6 is 22.6 Å². The molecule has 0 aromatic heterocycles. The molecule has 0 aliphatic carbocycles. The van der Waals surface area contributed by atoms with Crippen LogP contribution in [0.15, 0.2) is 12.1 Å². The fourth-order valence-electron chi connectivity index (χ4n) is 1.20. The third kappa shape index (κ3) is 2.02. The maximum Gasteiger partial charge on any atom is 0.266 e. The summed E-state index contributed by atoms with van der Waals surface area (Å²) in [7, 11) is 0. The van der Waals surface area contributed by atoms with Crippen molar-refractivity contribution in [3.05, 3.63) is 26.8 Å². The molecule has 2 nitrogen and oxygen atoms in total. The average Bonchev–Trinajstić information content (AvgIpc) is 2.07. The summed E-state index contributed by atoms with van der Waals surface area (Å²) in [5.74, 6) is -0.392. The highest BCUT2D eigenvalue weighted by atomic mass is 127. The number of rotatable bonds is 2. The number of halogens is 3. The summed E-state index contributed by atoms with van der Waals surface area (Å²) >= 11 is 1.84. The van der Waals surface area contributed by atoms with Gasteiger partial charge < -0.3 is 5.73 Å². The lowest BCUT2D eigenvalue weighted by Gasteiger charge is -2.10. The van der Waals surface area contributed by atoms with Crippen LogP contribution in [0.2, 0.25) is 0 Å². The van der Waals surface area contributed by atoms with Crippen molar-refractivity contribution >= 4 is 34.1 Å². The molecule has 5 heteroatoms. The average molecular weight is 311 g/mol. The van der Waals surface area contributed by atoms with Crippen molar-refractivity contribution in [2.75, 3.05) is 5.73 Å². The van der Waals surface area contributed by atoms with Crippen molar-refractivity contribution in [1.29, 1.82) is 0 Å². The highest BCUT2D eigenvalue weighted by Crippen LogP contribution is 2.31. The van der Waals surface area contributed by atoms with Gasteiger partial charge in [0.25, 0.3) is 6.43 Å². The van der Waals surface area contributed by atoms with Gasteiger partial charge in [-0.05, 0) is 41.6 Å². The largest absolute Gasteiger partial charge is 0.398 e. The number of nitrogen functional groups attached to an aromatic ring is 1. The molecule has 1 rings (SSSR count). The summed E-state index contributed by atoms with van der Waals surface area (Å²) in [6.45, 7) is 1.25. The first-order valence-corrected chi connectivity index (χ1v) is 4.90. The molecule has 1 aromatic rings. The second kappa shape index (κ2) is 4.20. The molecule has 0 amide bonds. The number of hydrogen-bond acceptors (Lipinski definition) is 2. The fraction of sp³-hybridized carbons (Fsp3) is 0.222. The quantitative estimate of drug-likeness (QED) is 0.518. The summed E-state index contributed by atoms with van der Waals surface area (Å²) < 4.78 is 25.7. The molecule has 0 saturated carbocycles. The lowest BCUT2D eigenvalue weighted by molar-refractivity contribution is 0.0998. The van der Waals surface area contributed by atoms with Crippen LogP contribution in [0.5, 0.6) is 0 Å². The Morgan fingerprint density at radius 2 is 2.07 bits per heavy atom. The van der Waals surface area contributed by atoms with Crippen molar-refractivity contribution in [3.8, 4) is 0 Å². The first-order chi connectivity index (χ1) is 6.45. The molecule has 0 aliphatic heterocycles. The Bertz CT molecular complexity index is 379. The van der Waals surface area contributed by atoms with E-state index in [1.807, 2.05) is 22.6 Å². The summed E-state index contributed by atoms with van der Waals surface area (Å²) in [5.41, 5.74) is 5.03. The standard InChI is InChI=1S/C9H8F2INO/c1-4(14)7-5(12)2-3-6(13)8(7)9(10)11/h2-3,9H,13H2,1H3. The van der Waals surface area contributed by atoms with Crippen LogP contribution in [0.3, 0.4) is 0 Å². The van der Waals surface area contributed by atoms with Gasteiger partial charge in [0.1, 0.15) is 0 Å². The first-order valence-electron chi connectivity index (χ1n) is 3.82. The van der Waals surface area contributed by atoms with E-state index < -0.39 is 12.2 Å². The second-order valence-corrected chi connectivity index (χ2v) is 3.94. The van der Waals surface area contributed by atoms with Gasteiger partial charge in [0.15, 0.2) is 5.78 Å². The minimum Gasteiger partial charge on any atom is -0.398 e. The van der Waals surface area contributed by atoms with Crippen LogP contribution in [-0.2, 0) is 0 Å². The summed E-state index contributed by atoms with van der Waals surface area (Å²) in [5, 5.41) is 0. The van der Waals surface area contributed by atoms with Gasteiger partial charge in [-0.2, -0.15) is 0 Å². The van der Waals surface area contributed by atoms with Gasteiger partial charge in [-0.25, -0.2) is 8.78 Å². The van der Waals surface area contributed by atoms with E-state index in [0.717, 1.165) is 0 Å². The van der Waals surface area contributed by atoms with Crippen LogP contribution in [-0.4, -0.2) is 5.78 Å². The molecule has 0 bridgehead atoms. The zero-order valence-electron chi connectivity index (χ0n) is 7.35. The first kappa shape index (κ1) is 11.4. The van der Waals surface area contributed by atoms with Crippen molar-refractivity contribution in [1.82, 2.24) is 0 Å². The number of benzene rings is 1. The number of hydrogen-bond donors (Lipinski definition) is 1. The molecular formula is C9H8F2INO. The Hall–Kier alpha value is -0.720. The summed E-state index contributed by atoms with van der Waals surface area (Å²) in [6, 6.07) is 2.94. The lowest BCUT2D eigenvalue weighted by Crippen LogP contribution is -2.07. The SMILES string of the molecule is CC(=O)c1c(I)ccc(N)c1C(F)F. The van der Waals surface area contributed by atoms with E-state index in [2.05, 4.69) is 0 Å². The van der Waals surface area contributed by atoms with E-state index in [-0.39, 0.29) is 16.8 Å². The Balaban J connectivity index is 3.50. The fourth-order valence-corrected chi connectivity index (χ4v) is 2.05. The van der Waals surface area contributed by atoms with Crippen LogP contribution in [0.1, 0.15) is 29.3 Å². The molecule has 14 heavy (non-hydrogen) atoms. The maximum absolute atomic E-state index is 12.6. The Labute approximate surface area is 93.6 Å². The summed E-state index contributed by atoms with van der Waals surface area (Å²) in [6.07, 6.45) is -2.72. The lowest BCUT2D eigenvalue weighted by atomic mass is 10.0. The number of carbonyl (C=O) groups is 1. The van der Waals surface area contributed by atoms with Crippen LogP contribution in [0.4, 0.5) is 14.5 Å².